The van der Waals surface area contributed by atoms with Crippen molar-refractivity contribution in [2.24, 2.45) is 17.6 Å². The molecule has 0 spiro atoms. The first kappa shape index (κ1) is 14.5. The zero-order valence-electron chi connectivity index (χ0n) is 11.7. The molecule has 1 aliphatic rings. The zero-order chi connectivity index (χ0) is 13.2. The highest BCUT2D eigenvalue weighted by atomic mass is 16.5. The van der Waals surface area contributed by atoms with Crippen molar-refractivity contribution < 1.29 is 4.74 Å². The van der Waals surface area contributed by atoms with Crippen LogP contribution in [0, 0.1) is 24.2 Å². The minimum absolute atomic E-state index is 0.0174. The van der Waals surface area contributed by atoms with E-state index in [-0.39, 0.29) is 18.2 Å². The molecule has 0 radical (unpaired) electrons. The van der Waals surface area contributed by atoms with Crippen molar-refractivity contribution >= 4 is 0 Å². The maximum Gasteiger partial charge on any atom is 0.124 e. The summed E-state index contributed by atoms with van der Waals surface area (Å²) in [4.78, 5) is 0. The van der Waals surface area contributed by atoms with Gasteiger partial charge in [0.25, 0.3) is 0 Å². The predicted molar refractivity (Wildman–Crippen MR) is 71.6 cm³/mol. The first-order valence-corrected chi connectivity index (χ1v) is 6.46. The van der Waals surface area contributed by atoms with E-state index in [0.717, 1.165) is 6.42 Å². The van der Waals surface area contributed by atoms with Gasteiger partial charge in [-0.15, -0.1) is 6.42 Å². The number of likely N-dealkylation sites (N-methyl/N-ethyl adjacent to an activating group) is 1. The fraction of sp³-hybridized carbons (Fsp3) is 0.857. The molecule has 3 heteroatoms. The Hall–Kier alpha value is -0.560. The molecule has 0 bridgehead atoms. The van der Waals surface area contributed by atoms with Crippen LogP contribution in [0.15, 0.2) is 0 Å². The molecule has 0 amide bonds. The van der Waals surface area contributed by atoms with Crippen LogP contribution >= 0.6 is 0 Å². The minimum atomic E-state index is -0.534. The van der Waals surface area contributed by atoms with Crippen molar-refractivity contribution in [3.05, 3.63) is 0 Å². The van der Waals surface area contributed by atoms with Crippen LogP contribution in [-0.2, 0) is 4.74 Å². The first-order valence-electron chi connectivity index (χ1n) is 6.46. The van der Waals surface area contributed by atoms with Gasteiger partial charge in [-0.25, -0.2) is 0 Å². The Balaban J connectivity index is 2.98. The van der Waals surface area contributed by atoms with E-state index in [9.17, 15) is 0 Å². The number of nitrogens with two attached hydrogens (primary N) is 1. The second-order valence-electron chi connectivity index (χ2n) is 5.76. The molecule has 1 rings (SSSR count). The van der Waals surface area contributed by atoms with Crippen molar-refractivity contribution in [3.63, 3.8) is 0 Å². The highest BCUT2D eigenvalue weighted by molar-refractivity contribution is 5.26. The number of hydrogen-bond donors (Lipinski definition) is 2. The lowest BCUT2D eigenvalue weighted by molar-refractivity contribution is -0.00385. The van der Waals surface area contributed by atoms with Gasteiger partial charge in [0.1, 0.15) is 5.54 Å². The third-order valence-electron chi connectivity index (χ3n) is 3.66. The first-order chi connectivity index (χ1) is 7.89. The number of nitrogens with one attached hydrogen (secondary N) is 1. The van der Waals surface area contributed by atoms with Crippen molar-refractivity contribution in [2.75, 3.05) is 7.05 Å². The molecular weight excluding hydrogens is 212 g/mol. The van der Waals surface area contributed by atoms with Crippen LogP contribution < -0.4 is 11.1 Å². The average Bonchev–Trinajstić information content (AvgIpc) is 2.53. The molecular formula is C14H26N2O. The normalized spacial score (nSPS) is 37.7. The lowest BCUT2D eigenvalue weighted by Gasteiger charge is -2.34. The summed E-state index contributed by atoms with van der Waals surface area (Å²) in [7, 11) is 1.87. The molecule has 0 aromatic rings. The maximum atomic E-state index is 6.33. The largest absolute Gasteiger partial charge is 0.370 e. The molecule has 3 nitrogen and oxygen atoms in total. The van der Waals surface area contributed by atoms with Crippen LogP contribution in [-0.4, -0.2) is 30.8 Å². The van der Waals surface area contributed by atoms with Crippen LogP contribution in [0.1, 0.15) is 34.1 Å². The fourth-order valence-corrected chi connectivity index (χ4v) is 2.77. The smallest absolute Gasteiger partial charge is 0.124 e. The van der Waals surface area contributed by atoms with Crippen molar-refractivity contribution in [1.29, 1.82) is 0 Å². The van der Waals surface area contributed by atoms with Crippen molar-refractivity contribution in [2.45, 2.75) is 57.9 Å². The summed E-state index contributed by atoms with van der Waals surface area (Å²) < 4.78 is 6.11. The molecule has 1 saturated heterocycles. The van der Waals surface area contributed by atoms with Gasteiger partial charge in [0.05, 0.1) is 18.2 Å². The summed E-state index contributed by atoms with van der Waals surface area (Å²) in [6, 6.07) is -0.146. The second kappa shape index (κ2) is 5.39. The lowest BCUT2D eigenvalue weighted by atomic mass is 9.80. The molecule has 4 atom stereocenters. The summed E-state index contributed by atoms with van der Waals surface area (Å²) >= 11 is 0. The Morgan fingerprint density at radius 3 is 2.29 bits per heavy atom. The monoisotopic (exact) mass is 238 g/mol. The van der Waals surface area contributed by atoms with Gasteiger partial charge in [-0.2, -0.15) is 0 Å². The Bertz CT molecular complexity index is 295. The molecule has 1 fully saturated rings. The molecule has 3 N–H and O–H groups in total. The van der Waals surface area contributed by atoms with E-state index in [1.54, 1.807) is 0 Å². The van der Waals surface area contributed by atoms with Gasteiger partial charge < -0.3 is 15.8 Å². The third-order valence-corrected chi connectivity index (χ3v) is 3.66. The van der Waals surface area contributed by atoms with E-state index in [1.807, 2.05) is 7.05 Å². The predicted octanol–water partition coefficient (Wildman–Crippen LogP) is 1.37. The standard InChI is InChI=1S/C14H26N2O/c1-7-14(16-6)12(15)11(8-9(2)3)17-13(14)10(4)5/h1,9-13,16H,8,15H2,2-6H3/t11-,12-,13+,14-/m1/s1. The van der Waals surface area contributed by atoms with E-state index >= 15 is 0 Å². The van der Waals surface area contributed by atoms with Crippen LogP contribution in [0.4, 0.5) is 0 Å². The highest BCUT2D eigenvalue weighted by Crippen LogP contribution is 2.36. The van der Waals surface area contributed by atoms with Gasteiger partial charge in [0.15, 0.2) is 0 Å². The third kappa shape index (κ3) is 2.49. The van der Waals surface area contributed by atoms with Crippen molar-refractivity contribution in [1.82, 2.24) is 5.32 Å². The van der Waals surface area contributed by atoms with E-state index in [2.05, 4.69) is 38.9 Å². The fourth-order valence-electron chi connectivity index (χ4n) is 2.77. The van der Waals surface area contributed by atoms with Gasteiger partial charge in [-0.1, -0.05) is 33.6 Å². The quantitative estimate of drug-likeness (QED) is 0.727. The second-order valence-corrected chi connectivity index (χ2v) is 5.76. The number of hydrogen-bond acceptors (Lipinski definition) is 3. The molecule has 0 aromatic carbocycles. The average molecular weight is 238 g/mol. The molecule has 98 valence electrons. The Labute approximate surface area is 105 Å². The van der Waals surface area contributed by atoms with E-state index in [1.165, 1.54) is 0 Å². The zero-order valence-corrected chi connectivity index (χ0v) is 11.7. The highest BCUT2D eigenvalue weighted by Gasteiger charge is 2.54. The van der Waals surface area contributed by atoms with Gasteiger partial charge in [-0.05, 0) is 25.3 Å². The maximum absolute atomic E-state index is 6.33. The summed E-state index contributed by atoms with van der Waals surface area (Å²) in [5.74, 6) is 3.76. The van der Waals surface area contributed by atoms with Gasteiger partial charge >= 0.3 is 0 Å². The number of terminal acetylenes is 1. The molecule has 0 aromatic heterocycles. The topological polar surface area (TPSA) is 47.3 Å². The molecule has 0 aliphatic carbocycles. The van der Waals surface area contributed by atoms with E-state index < -0.39 is 5.54 Å². The minimum Gasteiger partial charge on any atom is -0.370 e. The van der Waals surface area contributed by atoms with Gasteiger partial charge in [0.2, 0.25) is 0 Å². The molecule has 1 heterocycles. The molecule has 17 heavy (non-hydrogen) atoms. The number of rotatable bonds is 4. The Morgan fingerprint density at radius 1 is 1.41 bits per heavy atom. The summed E-state index contributed by atoms with van der Waals surface area (Å²) in [5, 5.41) is 3.23. The molecule has 1 aliphatic heterocycles. The van der Waals surface area contributed by atoms with Crippen LogP contribution in [0.5, 0.6) is 0 Å². The Morgan fingerprint density at radius 2 is 2.00 bits per heavy atom. The van der Waals surface area contributed by atoms with Gasteiger partial charge in [0, 0.05) is 0 Å². The van der Waals surface area contributed by atoms with Crippen LogP contribution in [0.2, 0.25) is 0 Å². The van der Waals surface area contributed by atoms with E-state index in [4.69, 9.17) is 16.9 Å². The lowest BCUT2D eigenvalue weighted by Crippen LogP contribution is -2.61. The summed E-state index contributed by atoms with van der Waals surface area (Å²) in [6.45, 7) is 8.60. The van der Waals surface area contributed by atoms with E-state index in [0.29, 0.717) is 11.8 Å². The van der Waals surface area contributed by atoms with Crippen molar-refractivity contribution in [3.8, 4) is 12.3 Å². The van der Waals surface area contributed by atoms with Gasteiger partial charge in [-0.3, -0.25) is 0 Å². The summed E-state index contributed by atoms with van der Waals surface area (Å²) in [6.07, 6.45) is 6.70. The van der Waals surface area contributed by atoms with Crippen LogP contribution in [0.25, 0.3) is 0 Å². The molecule has 0 unspecified atom stereocenters. The Kier molecular flexibility index (Phi) is 4.60. The molecule has 0 saturated carbocycles. The summed E-state index contributed by atoms with van der Waals surface area (Å²) in [5.41, 5.74) is 5.79. The SMILES string of the molecule is C#C[C@@]1(NC)[C@H](N)[C@@H](CC(C)C)O[C@H]1C(C)C. The van der Waals surface area contributed by atoms with Crippen LogP contribution in [0.3, 0.4) is 0 Å². The number of ether oxygens (including phenoxy) is 1.